The lowest BCUT2D eigenvalue weighted by molar-refractivity contribution is -0.125. The van der Waals surface area contributed by atoms with E-state index < -0.39 is 0 Å². The van der Waals surface area contributed by atoms with Crippen LogP contribution < -0.4 is 15.0 Å². The van der Waals surface area contributed by atoms with Crippen LogP contribution in [0.2, 0.25) is 0 Å². The fourth-order valence-electron chi connectivity index (χ4n) is 2.05. The van der Waals surface area contributed by atoms with Gasteiger partial charge in [0.1, 0.15) is 5.75 Å². The lowest BCUT2D eigenvalue weighted by Gasteiger charge is -2.12. The van der Waals surface area contributed by atoms with Gasteiger partial charge in [-0.2, -0.15) is 0 Å². The molecule has 0 aliphatic rings. The Bertz CT molecular complexity index is 695. The number of benzene rings is 2. The molecular formula is C19H23N3O3. The molecule has 0 bridgehead atoms. The molecule has 6 nitrogen and oxygen atoms in total. The number of nitrogens with one attached hydrogen (secondary N) is 1. The molecule has 0 spiro atoms. The highest BCUT2D eigenvalue weighted by Crippen LogP contribution is 2.12. The smallest absolute Gasteiger partial charge is 0.261 e. The van der Waals surface area contributed by atoms with Crippen LogP contribution in [0.5, 0.6) is 5.75 Å². The monoisotopic (exact) mass is 341 g/mol. The summed E-state index contributed by atoms with van der Waals surface area (Å²) >= 11 is 0. The molecule has 6 heteroatoms. The van der Waals surface area contributed by atoms with Gasteiger partial charge in [0.05, 0.1) is 13.3 Å². The van der Waals surface area contributed by atoms with E-state index in [9.17, 15) is 4.79 Å². The predicted molar refractivity (Wildman–Crippen MR) is 99.2 cm³/mol. The number of hydrogen-bond donors (Lipinski definition) is 1. The van der Waals surface area contributed by atoms with Crippen molar-refractivity contribution < 1.29 is 14.4 Å². The summed E-state index contributed by atoms with van der Waals surface area (Å²) in [7, 11) is 5.59. The zero-order valence-corrected chi connectivity index (χ0v) is 14.7. The Kier molecular flexibility index (Phi) is 6.83. The Morgan fingerprint density at radius 2 is 1.80 bits per heavy atom. The summed E-state index contributed by atoms with van der Waals surface area (Å²) in [4.78, 5) is 18.8. The molecule has 0 aliphatic heterocycles. The third kappa shape index (κ3) is 6.18. The fourth-order valence-corrected chi connectivity index (χ4v) is 2.05. The molecule has 0 fully saturated rings. The summed E-state index contributed by atoms with van der Waals surface area (Å²) in [5.41, 5.74) is 3.01. The van der Waals surface area contributed by atoms with Crippen molar-refractivity contribution in [2.75, 3.05) is 32.7 Å². The molecule has 0 heterocycles. The van der Waals surface area contributed by atoms with Gasteiger partial charge in [-0.1, -0.05) is 17.3 Å². The van der Waals surface area contributed by atoms with Gasteiger partial charge in [-0.05, 0) is 47.5 Å². The van der Waals surface area contributed by atoms with Gasteiger partial charge in [-0.15, -0.1) is 0 Å². The minimum atomic E-state index is -0.219. The largest absolute Gasteiger partial charge is 0.497 e. The number of nitrogens with zero attached hydrogens (tertiary/aromatic N) is 2. The average Bonchev–Trinajstić information content (AvgIpc) is 2.64. The van der Waals surface area contributed by atoms with E-state index in [2.05, 4.69) is 10.5 Å². The molecule has 0 aliphatic carbocycles. The van der Waals surface area contributed by atoms with Gasteiger partial charge in [0.15, 0.2) is 6.61 Å². The quantitative estimate of drug-likeness (QED) is 0.592. The number of hydrogen-bond acceptors (Lipinski definition) is 5. The van der Waals surface area contributed by atoms with E-state index in [0.29, 0.717) is 6.54 Å². The normalized spacial score (nSPS) is 10.5. The van der Waals surface area contributed by atoms with Crippen LogP contribution >= 0.6 is 0 Å². The Morgan fingerprint density at radius 1 is 1.12 bits per heavy atom. The number of oxime groups is 1. The molecule has 132 valence electrons. The topological polar surface area (TPSA) is 63.2 Å². The maximum atomic E-state index is 11.8. The second-order valence-electron chi connectivity index (χ2n) is 5.62. The summed E-state index contributed by atoms with van der Waals surface area (Å²) in [6.07, 6.45) is 1.55. The van der Waals surface area contributed by atoms with Crippen LogP contribution in [0, 0.1) is 0 Å². The van der Waals surface area contributed by atoms with E-state index in [4.69, 9.17) is 9.57 Å². The molecule has 0 saturated carbocycles. The zero-order chi connectivity index (χ0) is 18.1. The number of anilines is 1. The van der Waals surface area contributed by atoms with Crippen molar-refractivity contribution in [3.05, 3.63) is 59.7 Å². The first-order chi connectivity index (χ1) is 12.1. The van der Waals surface area contributed by atoms with Crippen molar-refractivity contribution in [1.82, 2.24) is 5.32 Å². The number of rotatable bonds is 8. The summed E-state index contributed by atoms with van der Waals surface area (Å²) in [5.74, 6) is 0.555. The summed E-state index contributed by atoms with van der Waals surface area (Å²) < 4.78 is 5.08. The Labute approximate surface area is 148 Å². The summed E-state index contributed by atoms with van der Waals surface area (Å²) in [6, 6.07) is 15.3. The third-order valence-corrected chi connectivity index (χ3v) is 3.53. The number of carbonyl (C=O) groups excluding carboxylic acids is 1. The predicted octanol–water partition coefficient (Wildman–Crippen LogP) is 2.43. The number of amides is 1. The molecule has 1 amide bonds. The molecule has 0 aromatic heterocycles. The van der Waals surface area contributed by atoms with Gasteiger partial charge < -0.3 is 19.8 Å². The highest BCUT2D eigenvalue weighted by Gasteiger charge is 2.02. The molecule has 0 unspecified atom stereocenters. The minimum absolute atomic E-state index is 0.123. The SMILES string of the molecule is COc1ccc(/C=N\OCC(=O)NCc2ccc(N(C)C)cc2)cc1. The van der Waals surface area contributed by atoms with Gasteiger partial charge in [-0.25, -0.2) is 0 Å². The fraction of sp³-hybridized carbons (Fsp3) is 0.263. The highest BCUT2D eigenvalue weighted by molar-refractivity contribution is 5.80. The summed E-state index contributed by atoms with van der Waals surface area (Å²) in [5, 5.41) is 6.58. The molecule has 2 aromatic carbocycles. The van der Waals surface area contributed by atoms with Crippen molar-refractivity contribution in [3.63, 3.8) is 0 Å². The zero-order valence-electron chi connectivity index (χ0n) is 14.7. The molecule has 0 saturated heterocycles. The maximum Gasteiger partial charge on any atom is 0.261 e. The third-order valence-electron chi connectivity index (χ3n) is 3.53. The van der Waals surface area contributed by atoms with Gasteiger partial charge in [0.2, 0.25) is 0 Å². The van der Waals surface area contributed by atoms with Crippen LogP contribution in [0.1, 0.15) is 11.1 Å². The van der Waals surface area contributed by atoms with Gasteiger partial charge in [0.25, 0.3) is 5.91 Å². The first kappa shape index (κ1) is 18.3. The first-order valence-electron chi connectivity index (χ1n) is 7.91. The van der Waals surface area contributed by atoms with Crippen molar-refractivity contribution in [1.29, 1.82) is 0 Å². The van der Waals surface area contributed by atoms with Crippen LogP contribution in [0.3, 0.4) is 0 Å². The van der Waals surface area contributed by atoms with Gasteiger partial charge in [-0.3, -0.25) is 4.79 Å². The average molecular weight is 341 g/mol. The standard InChI is InChI=1S/C19H23N3O3/c1-22(2)17-8-4-15(5-9-17)12-20-19(23)14-25-21-13-16-6-10-18(24-3)11-7-16/h4-11,13H,12,14H2,1-3H3,(H,20,23)/b21-13-. The molecule has 0 atom stereocenters. The Morgan fingerprint density at radius 3 is 2.40 bits per heavy atom. The number of methoxy groups -OCH3 is 1. The molecule has 0 radical (unpaired) electrons. The first-order valence-corrected chi connectivity index (χ1v) is 7.91. The number of ether oxygens (including phenoxy) is 1. The van der Waals surface area contributed by atoms with E-state index >= 15 is 0 Å². The molecule has 25 heavy (non-hydrogen) atoms. The van der Waals surface area contributed by atoms with Crippen LogP contribution in [0.25, 0.3) is 0 Å². The van der Waals surface area contributed by atoms with E-state index in [-0.39, 0.29) is 12.5 Å². The van der Waals surface area contributed by atoms with Crippen molar-refractivity contribution in [2.24, 2.45) is 5.16 Å². The van der Waals surface area contributed by atoms with Crippen LogP contribution in [-0.4, -0.2) is 39.9 Å². The maximum absolute atomic E-state index is 11.8. The van der Waals surface area contributed by atoms with Crippen LogP contribution in [0.4, 0.5) is 5.69 Å². The second kappa shape index (κ2) is 9.32. The van der Waals surface area contributed by atoms with Crippen molar-refractivity contribution >= 4 is 17.8 Å². The van der Waals surface area contributed by atoms with Crippen molar-refractivity contribution in [2.45, 2.75) is 6.54 Å². The van der Waals surface area contributed by atoms with E-state index in [1.807, 2.05) is 67.5 Å². The lowest BCUT2D eigenvalue weighted by Crippen LogP contribution is -2.26. The van der Waals surface area contributed by atoms with Crippen LogP contribution in [-0.2, 0) is 16.2 Å². The van der Waals surface area contributed by atoms with E-state index in [1.165, 1.54) is 0 Å². The van der Waals surface area contributed by atoms with E-state index in [0.717, 1.165) is 22.6 Å². The minimum Gasteiger partial charge on any atom is -0.497 e. The molecule has 2 rings (SSSR count). The van der Waals surface area contributed by atoms with E-state index in [1.54, 1.807) is 13.3 Å². The lowest BCUT2D eigenvalue weighted by atomic mass is 10.2. The van der Waals surface area contributed by atoms with Crippen molar-refractivity contribution in [3.8, 4) is 5.75 Å². The number of carbonyl (C=O) groups is 1. The Hall–Kier alpha value is -3.02. The Balaban J connectivity index is 1.70. The molecule has 2 aromatic rings. The molecule has 1 N–H and O–H groups in total. The van der Waals surface area contributed by atoms with Gasteiger partial charge >= 0.3 is 0 Å². The van der Waals surface area contributed by atoms with Gasteiger partial charge in [0, 0.05) is 26.3 Å². The second-order valence-corrected chi connectivity index (χ2v) is 5.62. The van der Waals surface area contributed by atoms with Crippen LogP contribution in [0.15, 0.2) is 53.7 Å². The highest BCUT2D eigenvalue weighted by atomic mass is 16.6. The molecular weight excluding hydrogens is 318 g/mol. The summed E-state index contributed by atoms with van der Waals surface area (Å²) in [6.45, 7) is 0.334.